The van der Waals surface area contributed by atoms with Gasteiger partial charge in [0.25, 0.3) is 5.69 Å². The van der Waals surface area contributed by atoms with Crippen LogP contribution in [0.3, 0.4) is 0 Å². The average molecular weight is 309 g/mol. The third-order valence-electron chi connectivity index (χ3n) is 2.68. The molecular formula is C13H11NO4S2. The van der Waals surface area contributed by atoms with Crippen LogP contribution in [0, 0.1) is 17.0 Å². The largest absolute Gasteiger partial charge is 0.269 e. The molecule has 5 nitrogen and oxygen atoms in total. The van der Waals surface area contributed by atoms with E-state index in [2.05, 4.69) is 0 Å². The van der Waals surface area contributed by atoms with E-state index in [4.69, 9.17) is 0 Å². The van der Waals surface area contributed by atoms with Crippen molar-refractivity contribution in [2.45, 2.75) is 11.8 Å². The van der Waals surface area contributed by atoms with Gasteiger partial charge >= 0.3 is 0 Å². The number of hydrogen-bond donors (Lipinski definition) is 0. The molecule has 0 atom stereocenters. The Morgan fingerprint density at radius 1 is 1.20 bits per heavy atom. The van der Waals surface area contributed by atoms with Crippen molar-refractivity contribution in [3.63, 3.8) is 0 Å². The highest BCUT2D eigenvalue weighted by molar-refractivity contribution is 7.94. The van der Waals surface area contributed by atoms with Gasteiger partial charge in [0.1, 0.15) is 0 Å². The lowest BCUT2D eigenvalue weighted by Crippen LogP contribution is -1.96. The molecule has 104 valence electrons. The molecule has 20 heavy (non-hydrogen) atoms. The normalized spacial score (nSPS) is 11.8. The monoisotopic (exact) mass is 309 g/mol. The van der Waals surface area contributed by atoms with E-state index < -0.39 is 14.8 Å². The molecule has 0 saturated carbocycles. The van der Waals surface area contributed by atoms with Crippen molar-refractivity contribution < 1.29 is 13.3 Å². The molecule has 7 heteroatoms. The average Bonchev–Trinajstić information content (AvgIpc) is 2.82. The van der Waals surface area contributed by atoms with E-state index >= 15 is 0 Å². The summed E-state index contributed by atoms with van der Waals surface area (Å²) in [6.45, 7) is 1.90. The van der Waals surface area contributed by atoms with Crippen LogP contribution in [-0.2, 0) is 9.84 Å². The number of sulfone groups is 1. The summed E-state index contributed by atoms with van der Waals surface area (Å²) in [5, 5.41) is 13.5. The Kier molecular flexibility index (Phi) is 4.01. The summed E-state index contributed by atoms with van der Waals surface area (Å²) >= 11 is 1.45. The van der Waals surface area contributed by atoms with Crippen LogP contribution >= 0.6 is 11.3 Å². The van der Waals surface area contributed by atoms with Gasteiger partial charge in [0.05, 0.1) is 9.82 Å². The summed E-state index contributed by atoms with van der Waals surface area (Å²) in [7, 11) is -3.59. The Balaban J connectivity index is 2.29. The fourth-order valence-corrected chi connectivity index (χ4v) is 3.44. The van der Waals surface area contributed by atoms with Gasteiger partial charge in [-0.05, 0) is 42.1 Å². The molecule has 0 spiro atoms. The zero-order valence-electron chi connectivity index (χ0n) is 10.5. The van der Waals surface area contributed by atoms with E-state index in [1.165, 1.54) is 41.7 Å². The number of thiophene rings is 1. The smallest absolute Gasteiger partial charge is 0.258 e. The molecule has 0 aliphatic carbocycles. The predicted molar refractivity (Wildman–Crippen MR) is 78.4 cm³/mol. The van der Waals surface area contributed by atoms with Crippen LogP contribution in [0.2, 0.25) is 0 Å². The number of nitro benzene ring substituents is 1. The molecule has 2 aromatic rings. The van der Waals surface area contributed by atoms with Crippen molar-refractivity contribution in [3.05, 3.63) is 61.7 Å². The lowest BCUT2D eigenvalue weighted by atomic mass is 10.3. The number of aryl methyl sites for hydroxylation is 1. The van der Waals surface area contributed by atoms with Crippen molar-refractivity contribution in [2.24, 2.45) is 0 Å². The highest BCUT2D eigenvalue weighted by Gasteiger charge is 2.13. The molecule has 0 N–H and O–H groups in total. The van der Waals surface area contributed by atoms with Gasteiger partial charge in [-0.3, -0.25) is 10.1 Å². The van der Waals surface area contributed by atoms with Crippen LogP contribution in [0.25, 0.3) is 6.08 Å². The third kappa shape index (κ3) is 3.12. The Morgan fingerprint density at radius 3 is 2.35 bits per heavy atom. The summed E-state index contributed by atoms with van der Waals surface area (Å²) < 4.78 is 24.1. The molecule has 1 aromatic carbocycles. The van der Waals surface area contributed by atoms with Crippen molar-refractivity contribution >= 4 is 32.9 Å². The maximum absolute atomic E-state index is 12.1. The molecule has 0 radical (unpaired) electrons. The minimum atomic E-state index is -3.59. The van der Waals surface area contributed by atoms with Gasteiger partial charge in [-0.25, -0.2) is 8.42 Å². The van der Waals surface area contributed by atoms with E-state index in [1.54, 1.807) is 0 Å². The van der Waals surface area contributed by atoms with Crippen LogP contribution in [0.5, 0.6) is 0 Å². The summed E-state index contributed by atoms with van der Waals surface area (Å²) in [5.74, 6) is 0. The lowest BCUT2D eigenvalue weighted by Gasteiger charge is -1.98. The van der Waals surface area contributed by atoms with Crippen molar-refractivity contribution in [1.29, 1.82) is 0 Å². The summed E-state index contributed by atoms with van der Waals surface area (Å²) in [6.07, 6.45) is 1.54. The second-order valence-corrected chi connectivity index (χ2v) is 6.85. The molecule has 0 unspecified atom stereocenters. The number of hydrogen-bond acceptors (Lipinski definition) is 5. The summed E-state index contributed by atoms with van der Waals surface area (Å²) in [6, 6.07) is 6.73. The van der Waals surface area contributed by atoms with Crippen molar-refractivity contribution in [2.75, 3.05) is 0 Å². The van der Waals surface area contributed by atoms with Crippen LogP contribution in [0.1, 0.15) is 10.4 Å². The maximum Gasteiger partial charge on any atom is 0.269 e. The number of rotatable bonds is 4. The van der Waals surface area contributed by atoms with E-state index in [9.17, 15) is 18.5 Å². The molecule has 0 aliphatic heterocycles. The summed E-state index contributed by atoms with van der Waals surface area (Å²) in [4.78, 5) is 10.9. The first-order valence-electron chi connectivity index (χ1n) is 5.62. The standard InChI is InChI=1S/C13H11NO4S2/c1-10-6-8-19-13(10)7-9-20(17,18)12-4-2-11(3-5-12)14(15)16/h2-9H,1H3/b9-7+. The molecule has 0 bridgehead atoms. The molecule has 0 saturated heterocycles. The molecule has 1 heterocycles. The number of nitro groups is 1. The zero-order chi connectivity index (χ0) is 14.8. The number of non-ortho nitro benzene ring substituents is 1. The zero-order valence-corrected chi connectivity index (χ0v) is 12.1. The van der Waals surface area contributed by atoms with Gasteiger partial charge in [0, 0.05) is 22.4 Å². The first kappa shape index (κ1) is 14.4. The highest BCUT2D eigenvalue weighted by atomic mass is 32.2. The van der Waals surface area contributed by atoms with E-state index in [0.29, 0.717) is 0 Å². The lowest BCUT2D eigenvalue weighted by molar-refractivity contribution is -0.384. The van der Waals surface area contributed by atoms with Crippen molar-refractivity contribution in [1.82, 2.24) is 0 Å². The Bertz CT molecular complexity index is 758. The van der Waals surface area contributed by atoms with Gasteiger partial charge in [-0.1, -0.05) is 0 Å². The van der Waals surface area contributed by atoms with Crippen LogP contribution in [0.4, 0.5) is 5.69 Å². The van der Waals surface area contributed by atoms with E-state index in [1.807, 2.05) is 18.4 Å². The molecule has 0 amide bonds. The summed E-state index contributed by atoms with van der Waals surface area (Å²) in [5.41, 5.74) is 0.868. The van der Waals surface area contributed by atoms with Gasteiger partial charge in [0.15, 0.2) is 9.84 Å². The topological polar surface area (TPSA) is 77.3 Å². The third-order valence-corrected chi connectivity index (χ3v) is 5.08. The first-order valence-corrected chi connectivity index (χ1v) is 8.04. The van der Waals surface area contributed by atoms with E-state index in [-0.39, 0.29) is 10.6 Å². The van der Waals surface area contributed by atoms with E-state index in [0.717, 1.165) is 15.8 Å². The van der Waals surface area contributed by atoms with Gasteiger partial charge in [-0.15, -0.1) is 11.3 Å². The minimum absolute atomic E-state index is 0.0357. The SMILES string of the molecule is Cc1ccsc1/C=C/S(=O)(=O)c1ccc([N+](=O)[O-])cc1. The second-order valence-electron chi connectivity index (χ2n) is 4.07. The minimum Gasteiger partial charge on any atom is -0.258 e. The fraction of sp³-hybridized carbons (Fsp3) is 0.0769. The maximum atomic E-state index is 12.1. The quantitative estimate of drug-likeness (QED) is 0.640. The van der Waals surface area contributed by atoms with Crippen LogP contribution in [-0.4, -0.2) is 13.3 Å². The first-order chi connectivity index (χ1) is 9.40. The molecule has 0 fully saturated rings. The van der Waals surface area contributed by atoms with Crippen molar-refractivity contribution in [3.8, 4) is 0 Å². The van der Waals surface area contributed by atoms with Gasteiger partial charge < -0.3 is 0 Å². The Morgan fingerprint density at radius 2 is 1.85 bits per heavy atom. The highest BCUT2D eigenvalue weighted by Crippen LogP contribution is 2.21. The Hall–Kier alpha value is -1.99. The molecular weight excluding hydrogens is 298 g/mol. The fourth-order valence-electron chi connectivity index (χ4n) is 1.54. The molecule has 0 aliphatic rings. The van der Waals surface area contributed by atoms with Crippen LogP contribution in [0.15, 0.2) is 46.0 Å². The second kappa shape index (κ2) is 5.56. The molecule has 1 aromatic heterocycles. The van der Waals surface area contributed by atoms with Crippen LogP contribution < -0.4 is 0 Å². The number of benzene rings is 1. The van der Waals surface area contributed by atoms with Gasteiger partial charge in [0.2, 0.25) is 0 Å². The number of nitrogens with zero attached hydrogens (tertiary/aromatic N) is 1. The molecule has 2 rings (SSSR count). The Labute approximate surface area is 120 Å². The predicted octanol–water partition coefficient (Wildman–Crippen LogP) is 3.41. The van der Waals surface area contributed by atoms with Gasteiger partial charge in [-0.2, -0.15) is 0 Å².